The van der Waals surface area contributed by atoms with Gasteiger partial charge in [-0.25, -0.2) is 0 Å². The second-order valence-electron chi connectivity index (χ2n) is 4.23. The van der Waals surface area contributed by atoms with Crippen molar-refractivity contribution in [3.05, 3.63) is 11.8 Å². The maximum absolute atomic E-state index is 10.4. The molecule has 5 heteroatoms. The van der Waals surface area contributed by atoms with E-state index in [2.05, 4.69) is 21.8 Å². The smallest absolute Gasteiger partial charge is 0.133 e. The second-order valence-corrected chi connectivity index (χ2v) is 4.23. The summed E-state index contributed by atoms with van der Waals surface area (Å²) in [6.45, 7) is 6.47. The number of hydrogen-bond donors (Lipinski definition) is 0. The van der Waals surface area contributed by atoms with Crippen molar-refractivity contribution >= 4 is 12.1 Å². The zero-order valence-corrected chi connectivity index (χ0v) is 9.89. The predicted molar refractivity (Wildman–Crippen MR) is 62.7 cm³/mol. The minimum Gasteiger partial charge on any atom is -0.354 e. The molecule has 2 heterocycles. The van der Waals surface area contributed by atoms with Gasteiger partial charge in [-0.05, 0) is 6.92 Å². The lowest BCUT2D eigenvalue weighted by molar-refractivity contribution is -0.108. The van der Waals surface area contributed by atoms with Crippen molar-refractivity contribution < 1.29 is 4.79 Å². The van der Waals surface area contributed by atoms with E-state index in [0.717, 1.165) is 32.5 Å². The number of carbonyl (C=O) groups excluding carboxylic acids is 1. The summed E-state index contributed by atoms with van der Waals surface area (Å²) >= 11 is 0. The summed E-state index contributed by atoms with van der Waals surface area (Å²) < 4.78 is 1.92. The fourth-order valence-corrected chi connectivity index (χ4v) is 2.24. The van der Waals surface area contributed by atoms with Crippen LogP contribution in [0.5, 0.6) is 0 Å². The number of piperazine rings is 1. The Morgan fingerprint density at radius 3 is 2.56 bits per heavy atom. The van der Waals surface area contributed by atoms with Crippen LogP contribution in [0, 0.1) is 6.92 Å². The maximum atomic E-state index is 10.4. The number of rotatable bonds is 3. The first-order chi connectivity index (χ1) is 7.72. The van der Waals surface area contributed by atoms with Crippen LogP contribution in [0.2, 0.25) is 0 Å². The van der Waals surface area contributed by atoms with Gasteiger partial charge in [0.2, 0.25) is 0 Å². The van der Waals surface area contributed by atoms with Crippen LogP contribution in [0.15, 0.2) is 6.20 Å². The molecule has 0 atom stereocenters. The molecule has 0 unspecified atom stereocenters. The topological polar surface area (TPSA) is 41.4 Å². The van der Waals surface area contributed by atoms with Crippen LogP contribution in [-0.2, 0) is 11.8 Å². The molecule has 88 valence electrons. The van der Waals surface area contributed by atoms with E-state index in [9.17, 15) is 4.79 Å². The quantitative estimate of drug-likeness (QED) is 0.678. The van der Waals surface area contributed by atoms with Crippen LogP contribution >= 0.6 is 0 Å². The van der Waals surface area contributed by atoms with Crippen molar-refractivity contribution in [2.45, 2.75) is 6.92 Å². The van der Waals surface area contributed by atoms with Crippen LogP contribution < -0.4 is 4.90 Å². The summed E-state index contributed by atoms with van der Waals surface area (Å²) in [5.74, 6) is 1.20. The summed E-state index contributed by atoms with van der Waals surface area (Å²) in [5, 5.41) is 4.25. The molecule has 5 nitrogen and oxygen atoms in total. The molecule has 2 rings (SSSR count). The third-order valence-electron chi connectivity index (χ3n) is 3.09. The van der Waals surface area contributed by atoms with Gasteiger partial charge in [0, 0.05) is 38.8 Å². The van der Waals surface area contributed by atoms with Gasteiger partial charge in [-0.15, -0.1) is 0 Å². The van der Waals surface area contributed by atoms with Gasteiger partial charge in [-0.2, -0.15) is 5.10 Å². The molecule has 1 aliphatic rings. The molecular formula is C11H18N4O. The van der Waals surface area contributed by atoms with E-state index in [1.807, 2.05) is 17.9 Å². The number of aryl methyl sites for hydroxylation is 2. The molecule has 0 amide bonds. The average molecular weight is 222 g/mol. The fourth-order valence-electron chi connectivity index (χ4n) is 2.24. The van der Waals surface area contributed by atoms with E-state index in [1.165, 1.54) is 11.4 Å². The van der Waals surface area contributed by atoms with Crippen molar-refractivity contribution in [3.63, 3.8) is 0 Å². The van der Waals surface area contributed by atoms with Gasteiger partial charge in [0.05, 0.1) is 12.7 Å². The van der Waals surface area contributed by atoms with Crippen LogP contribution in [0.1, 0.15) is 5.56 Å². The van der Waals surface area contributed by atoms with Gasteiger partial charge < -0.3 is 9.69 Å². The minimum atomic E-state index is 0.554. The Morgan fingerprint density at radius 1 is 1.38 bits per heavy atom. The van der Waals surface area contributed by atoms with Crippen molar-refractivity contribution in [1.29, 1.82) is 0 Å². The zero-order chi connectivity index (χ0) is 11.5. The summed E-state index contributed by atoms with van der Waals surface area (Å²) in [6, 6.07) is 0. The first-order valence-corrected chi connectivity index (χ1v) is 5.62. The number of aldehydes is 1. The van der Waals surface area contributed by atoms with Crippen LogP contribution in [0.3, 0.4) is 0 Å². The summed E-state index contributed by atoms with van der Waals surface area (Å²) in [4.78, 5) is 14.9. The highest BCUT2D eigenvalue weighted by Gasteiger charge is 2.20. The lowest BCUT2D eigenvalue weighted by Crippen LogP contribution is -2.47. The van der Waals surface area contributed by atoms with E-state index in [-0.39, 0.29) is 0 Å². The van der Waals surface area contributed by atoms with Crippen molar-refractivity contribution in [2.75, 3.05) is 37.6 Å². The number of anilines is 1. The molecule has 1 saturated heterocycles. The summed E-state index contributed by atoms with van der Waals surface area (Å²) in [7, 11) is 1.97. The Morgan fingerprint density at radius 2 is 2.06 bits per heavy atom. The third-order valence-corrected chi connectivity index (χ3v) is 3.09. The van der Waals surface area contributed by atoms with Gasteiger partial charge in [0.15, 0.2) is 0 Å². The normalized spacial score (nSPS) is 17.8. The first kappa shape index (κ1) is 11.1. The van der Waals surface area contributed by atoms with Crippen LogP contribution in [0.4, 0.5) is 5.82 Å². The van der Waals surface area contributed by atoms with E-state index < -0.39 is 0 Å². The lowest BCUT2D eigenvalue weighted by Gasteiger charge is -2.35. The minimum absolute atomic E-state index is 0.554. The van der Waals surface area contributed by atoms with Crippen LogP contribution in [-0.4, -0.2) is 53.7 Å². The number of aromatic nitrogens is 2. The van der Waals surface area contributed by atoms with Crippen molar-refractivity contribution in [1.82, 2.24) is 14.7 Å². The number of carbonyl (C=O) groups is 1. The highest BCUT2D eigenvalue weighted by molar-refractivity contribution is 5.52. The standard InChI is InChI=1S/C11H18N4O/c1-10-9-12-13(2)11(10)15-5-3-14(4-6-15)7-8-16/h8-9H,3-7H2,1-2H3. The maximum Gasteiger partial charge on any atom is 0.133 e. The molecule has 0 aromatic carbocycles. The third kappa shape index (κ3) is 2.09. The fraction of sp³-hybridized carbons (Fsp3) is 0.636. The van der Waals surface area contributed by atoms with Gasteiger partial charge >= 0.3 is 0 Å². The molecule has 1 fully saturated rings. The Balaban J connectivity index is 2.01. The van der Waals surface area contributed by atoms with Crippen molar-refractivity contribution in [2.24, 2.45) is 7.05 Å². The van der Waals surface area contributed by atoms with Crippen LogP contribution in [0.25, 0.3) is 0 Å². The molecule has 1 aromatic rings. The molecule has 1 aliphatic heterocycles. The Labute approximate surface area is 95.6 Å². The Kier molecular flexibility index (Phi) is 3.24. The van der Waals surface area contributed by atoms with E-state index in [1.54, 1.807) is 0 Å². The molecule has 0 aliphatic carbocycles. The lowest BCUT2D eigenvalue weighted by atomic mass is 10.2. The summed E-state index contributed by atoms with van der Waals surface area (Å²) in [5.41, 5.74) is 1.21. The SMILES string of the molecule is Cc1cnn(C)c1N1CCN(CC=O)CC1. The largest absolute Gasteiger partial charge is 0.354 e. The Hall–Kier alpha value is -1.36. The van der Waals surface area contributed by atoms with Gasteiger partial charge in [-0.3, -0.25) is 9.58 Å². The summed E-state index contributed by atoms with van der Waals surface area (Å²) in [6.07, 6.45) is 2.87. The number of hydrogen-bond acceptors (Lipinski definition) is 4. The van der Waals surface area contributed by atoms with Gasteiger partial charge in [0.25, 0.3) is 0 Å². The molecule has 1 aromatic heterocycles. The molecule has 0 radical (unpaired) electrons. The predicted octanol–water partition coefficient (Wildman–Crippen LogP) is 0.0494. The zero-order valence-electron chi connectivity index (χ0n) is 9.89. The molecule has 0 saturated carbocycles. The van der Waals surface area contributed by atoms with Crippen molar-refractivity contribution in [3.8, 4) is 0 Å². The monoisotopic (exact) mass is 222 g/mol. The van der Waals surface area contributed by atoms with Gasteiger partial charge in [0.1, 0.15) is 12.1 Å². The van der Waals surface area contributed by atoms with E-state index in [4.69, 9.17) is 0 Å². The Bertz CT molecular complexity index is 347. The average Bonchev–Trinajstić information content (AvgIpc) is 2.61. The van der Waals surface area contributed by atoms with E-state index in [0.29, 0.717) is 6.54 Å². The molecular weight excluding hydrogens is 204 g/mol. The molecule has 0 spiro atoms. The highest BCUT2D eigenvalue weighted by Crippen LogP contribution is 2.19. The van der Waals surface area contributed by atoms with E-state index >= 15 is 0 Å². The number of nitrogens with zero attached hydrogens (tertiary/aromatic N) is 4. The highest BCUT2D eigenvalue weighted by atomic mass is 16.1. The second kappa shape index (κ2) is 4.65. The van der Waals surface area contributed by atoms with Gasteiger partial charge in [-0.1, -0.05) is 0 Å². The molecule has 0 bridgehead atoms. The molecule has 16 heavy (non-hydrogen) atoms. The molecule has 0 N–H and O–H groups in total. The first-order valence-electron chi connectivity index (χ1n) is 5.62.